The van der Waals surface area contributed by atoms with E-state index in [0.717, 1.165) is 0 Å². The number of aryl methyl sites for hydroxylation is 2. The van der Waals surface area contributed by atoms with Crippen LogP contribution in [-0.4, -0.2) is 21.3 Å². The van der Waals surface area contributed by atoms with Gasteiger partial charge in [0.1, 0.15) is 0 Å². The maximum absolute atomic E-state index is 10.1. The number of aliphatic carboxylic acids is 1. The van der Waals surface area contributed by atoms with Gasteiger partial charge in [-0.15, -0.1) is 10.2 Å². The van der Waals surface area contributed by atoms with Crippen molar-refractivity contribution in [1.29, 1.82) is 0 Å². The molecule has 5 nitrogen and oxygen atoms in total. The average molecular weight is 170 g/mol. The van der Waals surface area contributed by atoms with E-state index in [0.29, 0.717) is 24.6 Å². The highest BCUT2D eigenvalue weighted by Crippen LogP contribution is 2.02. The summed E-state index contributed by atoms with van der Waals surface area (Å²) in [5.41, 5.74) is 0. The molecule has 0 aromatic carbocycles. The van der Waals surface area contributed by atoms with Crippen LogP contribution in [0.1, 0.15) is 24.6 Å². The van der Waals surface area contributed by atoms with Crippen molar-refractivity contribution in [1.82, 2.24) is 10.2 Å². The highest BCUT2D eigenvalue weighted by atomic mass is 16.4. The third kappa shape index (κ3) is 2.69. The number of carboxylic acid groups (broad SMARTS) is 1. The van der Waals surface area contributed by atoms with Gasteiger partial charge in [0.2, 0.25) is 11.8 Å². The summed E-state index contributed by atoms with van der Waals surface area (Å²) in [4.78, 5) is 10.1. The molecule has 0 saturated carbocycles. The average Bonchev–Trinajstić information content (AvgIpc) is 2.35. The summed E-state index contributed by atoms with van der Waals surface area (Å²) in [6, 6.07) is 0. The molecule has 12 heavy (non-hydrogen) atoms. The molecule has 1 aromatic heterocycles. The lowest BCUT2D eigenvalue weighted by molar-refractivity contribution is -0.137. The Balaban J connectivity index is 2.29. The van der Waals surface area contributed by atoms with Gasteiger partial charge in [0, 0.05) is 19.8 Å². The molecule has 0 aliphatic rings. The second kappa shape index (κ2) is 3.85. The summed E-state index contributed by atoms with van der Waals surface area (Å²) >= 11 is 0. The number of hydrogen-bond donors (Lipinski definition) is 1. The Labute approximate surface area is 69.4 Å². The molecule has 66 valence electrons. The number of carbonyl (C=O) groups is 1. The molecule has 0 bridgehead atoms. The van der Waals surface area contributed by atoms with Crippen LogP contribution in [0.25, 0.3) is 0 Å². The maximum atomic E-state index is 10.1. The molecule has 1 rings (SSSR count). The first-order valence-electron chi connectivity index (χ1n) is 3.69. The van der Waals surface area contributed by atoms with Crippen molar-refractivity contribution in [3.63, 3.8) is 0 Å². The molecule has 1 aromatic rings. The number of hydrogen-bond acceptors (Lipinski definition) is 4. The number of nitrogens with zero attached hydrogens (tertiary/aromatic N) is 2. The SMILES string of the molecule is Cc1nnc(CCCC(=O)O)o1. The summed E-state index contributed by atoms with van der Waals surface area (Å²) in [5, 5.41) is 15.7. The van der Waals surface area contributed by atoms with Crippen LogP contribution in [0.5, 0.6) is 0 Å². The van der Waals surface area contributed by atoms with E-state index in [1.54, 1.807) is 6.92 Å². The van der Waals surface area contributed by atoms with Crippen molar-refractivity contribution in [2.45, 2.75) is 26.2 Å². The predicted octanol–water partition coefficient (Wildman–Crippen LogP) is 0.785. The Bertz CT molecular complexity index is 269. The molecule has 0 saturated heterocycles. The van der Waals surface area contributed by atoms with Crippen molar-refractivity contribution in [3.05, 3.63) is 11.8 Å². The standard InChI is InChI=1S/C7H10N2O3/c1-5-8-9-6(12-5)3-2-4-7(10)11/h2-4H2,1H3,(H,10,11). The topological polar surface area (TPSA) is 76.2 Å². The molecular weight excluding hydrogens is 160 g/mol. The monoisotopic (exact) mass is 170 g/mol. The van der Waals surface area contributed by atoms with E-state index >= 15 is 0 Å². The Morgan fingerprint density at radius 1 is 1.58 bits per heavy atom. The first-order valence-corrected chi connectivity index (χ1v) is 3.69. The van der Waals surface area contributed by atoms with Gasteiger partial charge in [0.05, 0.1) is 0 Å². The second-order valence-electron chi connectivity index (χ2n) is 2.46. The van der Waals surface area contributed by atoms with Crippen LogP contribution in [0.4, 0.5) is 0 Å². The largest absolute Gasteiger partial charge is 0.481 e. The first kappa shape index (κ1) is 8.70. The van der Waals surface area contributed by atoms with E-state index in [1.165, 1.54) is 0 Å². The third-order valence-corrected chi connectivity index (χ3v) is 1.35. The van der Waals surface area contributed by atoms with Gasteiger partial charge in [0.15, 0.2) is 0 Å². The predicted molar refractivity (Wildman–Crippen MR) is 39.6 cm³/mol. The van der Waals surface area contributed by atoms with Gasteiger partial charge in [0.25, 0.3) is 0 Å². The van der Waals surface area contributed by atoms with Crippen LogP contribution in [0.3, 0.4) is 0 Å². The molecule has 0 unspecified atom stereocenters. The summed E-state index contributed by atoms with van der Waals surface area (Å²) in [6.07, 6.45) is 1.21. The number of aromatic nitrogens is 2. The zero-order valence-corrected chi connectivity index (χ0v) is 6.78. The van der Waals surface area contributed by atoms with Gasteiger partial charge >= 0.3 is 5.97 Å². The van der Waals surface area contributed by atoms with E-state index in [-0.39, 0.29) is 6.42 Å². The maximum Gasteiger partial charge on any atom is 0.303 e. The smallest absolute Gasteiger partial charge is 0.303 e. The van der Waals surface area contributed by atoms with Crippen LogP contribution < -0.4 is 0 Å². The van der Waals surface area contributed by atoms with Crippen LogP contribution >= 0.6 is 0 Å². The van der Waals surface area contributed by atoms with Gasteiger partial charge < -0.3 is 9.52 Å². The Kier molecular flexibility index (Phi) is 2.79. The van der Waals surface area contributed by atoms with Gasteiger partial charge in [-0.25, -0.2) is 0 Å². The second-order valence-corrected chi connectivity index (χ2v) is 2.46. The van der Waals surface area contributed by atoms with Crippen LogP contribution in [0.2, 0.25) is 0 Å². The third-order valence-electron chi connectivity index (χ3n) is 1.35. The van der Waals surface area contributed by atoms with Gasteiger partial charge in [-0.3, -0.25) is 4.79 Å². The fourth-order valence-corrected chi connectivity index (χ4v) is 0.829. The highest BCUT2D eigenvalue weighted by molar-refractivity contribution is 5.66. The molecule has 0 radical (unpaired) electrons. The summed E-state index contributed by atoms with van der Waals surface area (Å²) < 4.78 is 5.05. The van der Waals surface area contributed by atoms with Crippen LogP contribution in [-0.2, 0) is 11.2 Å². The minimum Gasteiger partial charge on any atom is -0.481 e. The van der Waals surface area contributed by atoms with Gasteiger partial charge in [-0.05, 0) is 6.42 Å². The lowest BCUT2D eigenvalue weighted by Crippen LogP contribution is -1.95. The molecular formula is C7H10N2O3. The minimum absolute atomic E-state index is 0.140. The van der Waals surface area contributed by atoms with Crippen molar-refractivity contribution >= 4 is 5.97 Å². The van der Waals surface area contributed by atoms with Gasteiger partial charge in [-0.1, -0.05) is 0 Å². The zero-order chi connectivity index (χ0) is 8.97. The van der Waals surface area contributed by atoms with E-state index in [4.69, 9.17) is 9.52 Å². The zero-order valence-electron chi connectivity index (χ0n) is 6.78. The molecule has 0 atom stereocenters. The molecule has 0 spiro atoms. The van der Waals surface area contributed by atoms with Crippen LogP contribution in [0.15, 0.2) is 4.42 Å². The molecule has 5 heteroatoms. The minimum atomic E-state index is -0.800. The Morgan fingerprint density at radius 2 is 2.33 bits per heavy atom. The lowest BCUT2D eigenvalue weighted by Gasteiger charge is -1.90. The number of carboxylic acids is 1. The van der Waals surface area contributed by atoms with E-state index in [9.17, 15) is 4.79 Å². The first-order chi connectivity index (χ1) is 5.68. The van der Waals surface area contributed by atoms with E-state index in [1.807, 2.05) is 0 Å². The Hall–Kier alpha value is -1.39. The molecule has 1 N–H and O–H groups in total. The van der Waals surface area contributed by atoms with Gasteiger partial charge in [-0.2, -0.15) is 0 Å². The lowest BCUT2D eigenvalue weighted by atomic mass is 10.2. The van der Waals surface area contributed by atoms with E-state index in [2.05, 4.69) is 10.2 Å². The van der Waals surface area contributed by atoms with Crippen LogP contribution in [0, 0.1) is 6.92 Å². The summed E-state index contributed by atoms with van der Waals surface area (Å²) in [5.74, 6) is 0.223. The van der Waals surface area contributed by atoms with Crippen molar-refractivity contribution in [2.24, 2.45) is 0 Å². The fourth-order valence-electron chi connectivity index (χ4n) is 0.829. The fraction of sp³-hybridized carbons (Fsp3) is 0.571. The van der Waals surface area contributed by atoms with Crippen molar-refractivity contribution < 1.29 is 14.3 Å². The molecule has 0 aliphatic carbocycles. The summed E-state index contributed by atoms with van der Waals surface area (Å²) in [7, 11) is 0. The normalized spacial score (nSPS) is 10.1. The molecule has 1 heterocycles. The summed E-state index contributed by atoms with van der Waals surface area (Å²) in [6.45, 7) is 1.70. The van der Waals surface area contributed by atoms with Crippen molar-refractivity contribution in [3.8, 4) is 0 Å². The quantitative estimate of drug-likeness (QED) is 0.722. The number of rotatable bonds is 4. The molecule has 0 fully saturated rings. The highest BCUT2D eigenvalue weighted by Gasteiger charge is 2.03. The molecule has 0 aliphatic heterocycles. The Morgan fingerprint density at radius 3 is 2.83 bits per heavy atom. The van der Waals surface area contributed by atoms with Crippen molar-refractivity contribution in [2.75, 3.05) is 0 Å². The van der Waals surface area contributed by atoms with E-state index < -0.39 is 5.97 Å². The molecule has 0 amide bonds.